The van der Waals surface area contributed by atoms with Gasteiger partial charge in [-0.25, -0.2) is 4.98 Å². The molecule has 0 aliphatic rings. The summed E-state index contributed by atoms with van der Waals surface area (Å²) in [6, 6.07) is 7.07. The third-order valence-electron chi connectivity index (χ3n) is 2.64. The molecular formula is C14H16Cl2N4O. The first-order valence-electron chi connectivity index (χ1n) is 6.39. The van der Waals surface area contributed by atoms with Crippen LogP contribution in [0.25, 0.3) is 0 Å². The monoisotopic (exact) mass is 326 g/mol. The lowest BCUT2D eigenvalue weighted by atomic mass is 10.3. The number of halogens is 2. The fraction of sp³-hybridized carbons (Fsp3) is 0.286. The van der Waals surface area contributed by atoms with Crippen LogP contribution < -0.4 is 10.6 Å². The predicted molar refractivity (Wildman–Crippen MR) is 86.9 cm³/mol. The second-order valence-electron chi connectivity index (χ2n) is 4.39. The lowest BCUT2D eigenvalue weighted by Gasteiger charge is -2.10. The van der Waals surface area contributed by atoms with E-state index >= 15 is 0 Å². The number of methoxy groups -OCH3 is 1. The molecule has 21 heavy (non-hydrogen) atoms. The number of rotatable bonds is 6. The number of ether oxygens (including phenoxy) is 1. The van der Waals surface area contributed by atoms with Crippen LogP contribution in [-0.4, -0.2) is 30.2 Å². The van der Waals surface area contributed by atoms with Gasteiger partial charge in [0.25, 0.3) is 0 Å². The molecule has 0 atom stereocenters. The molecule has 5 nitrogen and oxygen atoms in total. The fourth-order valence-corrected chi connectivity index (χ4v) is 2.16. The Labute approximate surface area is 133 Å². The summed E-state index contributed by atoms with van der Waals surface area (Å²) < 4.78 is 5.00. The normalized spacial score (nSPS) is 10.5. The van der Waals surface area contributed by atoms with Crippen LogP contribution in [0.4, 0.5) is 17.5 Å². The lowest BCUT2D eigenvalue weighted by Crippen LogP contribution is -2.10. The molecule has 0 saturated heterocycles. The van der Waals surface area contributed by atoms with Crippen molar-refractivity contribution >= 4 is 40.7 Å². The van der Waals surface area contributed by atoms with Gasteiger partial charge in [-0.15, -0.1) is 0 Å². The maximum atomic E-state index is 6.13. The second kappa shape index (κ2) is 7.45. The molecule has 1 heterocycles. The van der Waals surface area contributed by atoms with E-state index in [-0.39, 0.29) is 0 Å². The van der Waals surface area contributed by atoms with Crippen molar-refractivity contribution in [1.29, 1.82) is 0 Å². The minimum Gasteiger partial charge on any atom is -0.383 e. The van der Waals surface area contributed by atoms with Crippen LogP contribution in [0.5, 0.6) is 0 Å². The summed E-state index contributed by atoms with van der Waals surface area (Å²) >= 11 is 12.0. The van der Waals surface area contributed by atoms with E-state index in [1.807, 2.05) is 13.0 Å². The zero-order valence-electron chi connectivity index (χ0n) is 11.8. The van der Waals surface area contributed by atoms with Crippen LogP contribution in [0.15, 0.2) is 24.3 Å². The van der Waals surface area contributed by atoms with E-state index in [2.05, 4.69) is 20.6 Å². The van der Waals surface area contributed by atoms with Gasteiger partial charge < -0.3 is 15.4 Å². The zero-order chi connectivity index (χ0) is 15.2. The first-order chi connectivity index (χ1) is 10.1. The number of benzene rings is 1. The van der Waals surface area contributed by atoms with E-state index in [9.17, 15) is 0 Å². The number of nitrogens with zero attached hydrogens (tertiary/aromatic N) is 2. The van der Waals surface area contributed by atoms with Crippen molar-refractivity contribution in [2.75, 3.05) is 30.9 Å². The van der Waals surface area contributed by atoms with Crippen molar-refractivity contribution < 1.29 is 4.74 Å². The van der Waals surface area contributed by atoms with E-state index in [0.717, 1.165) is 11.5 Å². The minimum atomic E-state index is 0.471. The smallest absolute Gasteiger partial charge is 0.229 e. The van der Waals surface area contributed by atoms with Gasteiger partial charge in [-0.3, -0.25) is 0 Å². The van der Waals surface area contributed by atoms with Crippen LogP contribution in [0, 0.1) is 6.92 Å². The Kier molecular flexibility index (Phi) is 5.61. The number of anilines is 3. The summed E-state index contributed by atoms with van der Waals surface area (Å²) in [5.74, 6) is 1.20. The molecule has 0 radical (unpaired) electrons. The van der Waals surface area contributed by atoms with Gasteiger partial charge >= 0.3 is 0 Å². The molecule has 1 aromatic heterocycles. The van der Waals surface area contributed by atoms with E-state index in [4.69, 9.17) is 27.9 Å². The molecular weight excluding hydrogens is 311 g/mol. The topological polar surface area (TPSA) is 59.1 Å². The average molecular weight is 327 g/mol. The number of aryl methyl sites for hydroxylation is 1. The number of aromatic nitrogens is 2. The maximum absolute atomic E-state index is 6.13. The Morgan fingerprint density at radius 1 is 1.19 bits per heavy atom. The maximum Gasteiger partial charge on any atom is 0.229 e. The SMILES string of the molecule is COCCNc1cc(C)nc(Nc2ccc(Cl)cc2Cl)n1. The van der Waals surface area contributed by atoms with Crippen molar-refractivity contribution in [3.8, 4) is 0 Å². The number of nitrogens with one attached hydrogen (secondary N) is 2. The molecule has 2 rings (SSSR count). The van der Waals surface area contributed by atoms with Crippen molar-refractivity contribution in [2.24, 2.45) is 0 Å². The second-order valence-corrected chi connectivity index (χ2v) is 5.23. The molecule has 112 valence electrons. The summed E-state index contributed by atoms with van der Waals surface area (Å²) in [6.07, 6.45) is 0. The van der Waals surface area contributed by atoms with E-state index in [1.165, 1.54) is 0 Å². The molecule has 1 aromatic carbocycles. The van der Waals surface area contributed by atoms with Gasteiger partial charge in [0.05, 0.1) is 17.3 Å². The van der Waals surface area contributed by atoms with Crippen molar-refractivity contribution in [2.45, 2.75) is 6.92 Å². The van der Waals surface area contributed by atoms with Crippen LogP contribution in [0.3, 0.4) is 0 Å². The van der Waals surface area contributed by atoms with Crippen LogP contribution in [0.1, 0.15) is 5.69 Å². The molecule has 0 fully saturated rings. The minimum absolute atomic E-state index is 0.471. The van der Waals surface area contributed by atoms with Crippen molar-refractivity contribution in [3.05, 3.63) is 40.0 Å². The Bertz CT molecular complexity index is 622. The van der Waals surface area contributed by atoms with Gasteiger partial charge in [0.1, 0.15) is 5.82 Å². The van der Waals surface area contributed by atoms with E-state index < -0.39 is 0 Å². The highest BCUT2D eigenvalue weighted by atomic mass is 35.5. The van der Waals surface area contributed by atoms with Crippen LogP contribution in [0.2, 0.25) is 10.0 Å². The standard InChI is InChI=1S/C14H16Cl2N4O/c1-9-7-13(17-5-6-21-2)20-14(18-9)19-12-4-3-10(15)8-11(12)16/h3-4,7-8H,5-6H2,1-2H3,(H2,17,18,19,20). The summed E-state index contributed by atoms with van der Waals surface area (Å²) in [4.78, 5) is 8.72. The zero-order valence-corrected chi connectivity index (χ0v) is 13.3. The number of hydrogen-bond donors (Lipinski definition) is 2. The van der Waals surface area contributed by atoms with Crippen molar-refractivity contribution in [1.82, 2.24) is 9.97 Å². The number of hydrogen-bond acceptors (Lipinski definition) is 5. The first-order valence-corrected chi connectivity index (χ1v) is 7.14. The van der Waals surface area contributed by atoms with Gasteiger partial charge in [0.15, 0.2) is 0 Å². The lowest BCUT2D eigenvalue weighted by molar-refractivity contribution is 0.210. The molecule has 0 aliphatic heterocycles. The summed E-state index contributed by atoms with van der Waals surface area (Å²) in [5.41, 5.74) is 1.55. The molecule has 0 spiro atoms. The summed E-state index contributed by atoms with van der Waals surface area (Å²) in [7, 11) is 1.66. The summed E-state index contributed by atoms with van der Waals surface area (Å²) in [5, 5.41) is 7.35. The fourth-order valence-electron chi connectivity index (χ4n) is 1.71. The molecule has 2 N–H and O–H groups in total. The van der Waals surface area contributed by atoms with Gasteiger partial charge in [-0.05, 0) is 25.1 Å². The molecule has 7 heteroatoms. The predicted octanol–water partition coefficient (Wildman–Crippen LogP) is 3.89. The molecule has 0 unspecified atom stereocenters. The van der Waals surface area contributed by atoms with E-state index in [1.54, 1.807) is 25.3 Å². The molecule has 0 aliphatic carbocycles. The summed E-state index contributed by atoms with van der Waals surface area (Å²) in [6.45, 7) is 3.18. The van der Waals surface area contributed by atoms with E-state index in [0.29, 0.717) is 34.8 Å². The van der Waals surface area contributed by atoms with Crippen molar-refractivity contribution in [3.63, 3.8) is 0 Å². The molecule has 0 bridgehead atoms. The third-order valence-corrected chi connectivity index (χ3v) is 3.19. The Morgan fingerprint density at radius 3 is 2.71 bits per heavy atom. The molecule has 2 aromatic rings. The Morgan fingerprint density at radius 2 is 2.00 bits per heavy atom. The quantitative estimate of drug-likeness (QED) is 0.788. The van der Waals surface area contributed by atoms with Gasteiger partial charge in [-0.1, -0.05) is 23.2 Å². The Hall–Kier alpha value is -1.56. The van der Waals surface area contributed by atoms with Gasteiger partial charge in [0, 0.05) is 30.4 Å². The Balaban J connectivity index is 2.15. The third kappa shape index (κ3) is 4.74. The highest BCUT2D eigenvalue weighted by Gasteiger charge is 2.06. The van der Waals surface area contributed by atoms with Crippen LogP contribution in [-0.2, 0) is 4.74 Å². The average Bonchev–Trinajstić information content (AvgIpc) is 2.42. The molecule has 0 amide bonds. The first kappa shape index (κ1) is 15.8. The van der Waals surface area contributed by atoms with Crippen LogP contribution >= 0.6 is 23.2 Å². The largest absolute Gasteiger partial charge is 0.383 e. The van der Waals surface area contributed by atoms with Gasteiger partial charge in [0.2, 0.25) is 5.95 Å². The van der Waals surface area contributed by atoms with Gasteiger partial charge in [-0.2, -0.15) is 4.98 Å². The molecule has 0 saturated carbocycles. The highest BCUT2D eigenvalue weighted by molar-refractivity contribution is 6.36. The highest BCUT2D eigenvalue weighted by Crippen LogP contribution is 2.27.